The van der Waals surface area contributed by atoms with Gasteiger partial charge in [-0.2, -0.15) is 0 Å². The Bertz CT molecular complexity index is 518. The van der Waals surface area contributed by atoms with Crippen LogP contribution in [-0.4, -0.2) is 39.7 Å². The molecule has 0 unspecified atom stereocenters. The minimum absolute atomic E-state index is 0.0592. The van der Waals surface area contributed by atoms with Gasteiger partial charge in [-0.1, -0.05) is 44.2 Å². The van der Waals surface area contributed by atoms with E-state index in [9.17, 15) is 19.8 Å². The predicted octanol–water partition coefficient (Wildman–Crippen LogP) is 0.315. The van der Waals surface area contributed by atoms with E-state index in [1.54, 1.807) is 13.8 Å². The number of carboxylic acids is 1. The molecule has 0 heterocycles. The van der Waals surface area contributed by atoms with E-state index in [4.69, 9.17) is 11.5 Å². The summed E-state index contributed by atoms with van der Waals surface area (Å²) in [5.74, 6) is -2.50. The SMILES string of the molecule is CC(C)C[C@](N)(C(=O)O)C(=O)[C@@H](O)[C@H](N)Cc1ccccc1. The van der Waals surface area contributed by atoms with Crippen LogP contribution in [0.5, 0.6) is 0 Å². The van der Waals surface area contributed by atoms with Gasteiger partial charge in [0.15, 0.2) is 11.3 Å². The quantitative estimate of drug-likeness (QED) is 0.512. The summed E-state index contributed by atoms with van der Waals surface area (Å²) in [5, 5.41) is 19.4. The second kappa shape index (κ2) is 7.49. The Kier molecular flexibility index (Phi) is 6.22. The molecule has 0 aliphatic rings. The van der Waals surface area contributed by atoms with Gasteiger partial charge >= 0.3 is 5.97 Å². The number of aliphatic carboxylic acids is 1. The molecule has 122 valence electrons. The number of hydrogen-bond acceptors (Lipinski definition) is 5. The van der Waals surface area contributed by atoms with Crippen LogP contribution in [0.15, 0.2) is 30.3 Å². The highest BCUT2D eigenvalue weighted by atomic mass is 16.4. The number of nitrogens with two attached hydrogens (primary N) is 2. The number of carbonyl (C=O) groups is 2. The molecule has 0 spiro atoms. The standard InChI is InChI=1S/C16H24N2O4/c1-10(2)9-16(18,15(21)22)14(20)13(19)12(17)8-11-6-4-3-5-7-11/h3-7,10,12-13,19H,8-9,17-18H2,1-2H3,(H,21,22)/t12-,13+,16-/m1/s1. The third kappa shape index (κ3) is 4.37. The lowest BCUT2D eigenvalue weighted by molar-refractivity contribution is -0.152. The van der Waals surface area contributed by atoms with Crippen molar-refractivity contribution >= 4 is 11.8 Å². The largest absolute Gasteiger partial charge is 0.480 e. The lowest BCUT2D eigenvalue weighted by atomic mass is 9.81. The molecule has 6 nitrogen and oxygen atoms in total. The van der Waals surface area contributed by atoms with E-state index in [1.165, 1.54) is 0 Å². The third-order valence-electron chi connectivity index (χ3n) is 3.54. The predicted molar refractivity (Wildman–Crippen MR) is 83.1 cm³/mol. The smallest absolute Gasteiger partial charge is 0.331 e. The molecule has 0 aliphatic heterocycles. The first kappa shape index (κ1) is 18.3. The van der Waals surface area contributed by atoms with E-state index in [0.29, 0.717) is 0 Å². The van der Waals surface area contributed by atoms with Crippen molar-refractivity contribution in [2.24, 2.45) is 17.4 Å². The number of hydrogen-bond donors (Lipinski definition) is 4. The van der Waals surface area contributed by atoms with Gasteiger partial charge in [0.2, 0.25) is 0 Å². The lowest BCUT2D eigenvalue weighted by Gasteiger charge is -2.29. The van der Waals surface area contributed by atoms with Gasteiger partial charge in [0.25, 0.3) is 0 Å². The van der Waals surface area contributed by atoms with Crippen LogP contribution in [0.25, 0.3) is 0 Å². The normalized spacial score (nSPS) is 16.8. The second-order valence-corrected chi connectivity index (χ2v) is 6.04. The molecule has 6 heteroatoms. The number of carbonyl (C=O) groups excluding carboxylic acids is 1. The summed E-state index contributed by atoms with van der Waals surface area (Å²) in [5.41, 5.74) is 10.3. The van der Waals surface area contributed by atoms with Crippen LogP contribution < -0.4 is 11.5 Å². The number of ketones is 1. The van der Waals surface area contributed by atoms with Gasteiger partial charge in [-0.25, -0.2) is 4.79 Å². The van der Waals surface area contributed by atoms with Crippen LogP contribution in [0.4, 0.5) is 0 Å². The molecule has 0 bridgehead atoms. The average Bonchev–Trinajstić information content (AvgIpc) is 2.45. The van der Waals surface area contributed by atoms with Gasteiger partial charge in [0.05, 0.1) is 0 Å². The molecule has 0 aromatic heterocycles. The van der Waals surface area contributed by atoms with E-state index in [-0.39, 0.29) is 18.8 Å². The number of benzene rings is 1. The summed E-state index contributed by atoms with van der Waals surface area (Å²) >= 11 is 0. The van der Waals surface area contributed by atoms with Crippen LogP contribution in [0.1, 0.15) is 25.8 Å². The second-order valence-electron chi connectivity index (χ2n) is 6.04. The molecule has 0 saturated carbocycles. The Balaban J connectivity index is 2.87. The molecule has 1 aromatic carbocycles. The molecule has 0 saturated heterocycles. The molecule has 0 radical (unpaired) electrons. The molecule has 22 heavy (non-hydrogen) atoms. The Morgan fingerprint density at radius 1 is 1.23 bits per heavy atom. The highest BCUT2D eigenvalue weighted by Crippen LogP contribution is 2.19. The van der Waals surface area contributed by atoms with E-state index in [2.05, 4.69) is 0 Å². The summed E-state index contributed by atoms with van der Waals surface area (Å²) in [6.07, 6.45) is -1.43. The molecule has 3 atom stereocenters. The first-order valence-electron chi connectivity index (χ1n) is 7.22. The van der Waals surface area contributed by atoms with Crippen molar-refractivity contribution in [2.75, 3.05) is 0 Å². The summed E-state index contributed by atoms with van der Waals surface area (Å²) in [7, 11) is 0. The zero-order valence-electron chi connectivity index (χ0n) is 12.9. The van der Waals surface area contributed by atoms with E-state index in [1.807, 2.05) is 30.3 Å². The molecular formula is C16H24N2O4. The van der Waals surface area contributed by atoms with E-state index >= 15 is 0 Å². The van der Waals surface area contributed by atoms with Crippen molar-refractivity contribution in [3.63, 3.8) is 0 Å². The van der Waals surface area contributed by atoms with Crippen molar-refractivity contribution in [3.8, 4) is 0 Å². The van der Waals surface area contributed by atoms with Gasteiger partial charge in [-0.05, 0) is 24.3 Å². The minimum Gasteiger partial charge on any atom is -0.480 e. The van der Waals surface area contributed by atoms with Gasteiger partial charge in [-0.15, -0.1) is 0 Å². The van der Waals surface area contributed by atoms with Crippen molar-refractivity contribution in [2.45, 2.75) is 44.4 Å². The van der Waals surface area contributed by atoms with Crippen molar-refractivity contribution in [3.05, 3.63) is 35.9 Å². The maximum Gasteiger partial charge on any atom is 0.331 e. The number of rotatable bonds is 8. The van der Waals surface area contributed by atoms with Gasteiger partial charge < -0.3 is 21.7 Å². The Morgan fingerprint density at radius 2 is 1.77 bits per heavy atom. The van der Waals surface area contributed by atoms with Crippen molar-refractivity contribution in [1.29, 1.82) is 0 Å². The molecule has 0 aliphatic carbocycles. The highest BCUT2D eigenvalue weighted by Gasteiger charge is 2.46. The zero-order valence-corrected chi connectivity index (χ0v) is 12.9. The van der Waals surface area contributed by atoms with Gasteiger partial charge in [0.1, 0.15) is 6.10 Å². The average molecular weight is 308 g/mol. The molecule has 1 aromatic rings. The number of Topliss-reactive ketones (excluding diaryl/α,β-unsaturated/α-hetero) is 1. The molecule has 0 amide bonds. The zero-order chi connectivity index (χ0) is 16.9. The number of aliphatic hydroxyl groups is 1. The monoisotopic (exact) mass is 308 g/mol. The van der Waals surface area contributed by atoms with Crippen molar-refractivity contribution < 1.29 is 19.8 Å². The fraction of sp³-hybridized carbons (Fsp3) is 0.500. The van der Waals surface area contributed by atoms with Crippen LogP contribution in [0.2, 0.25) is 0 Å². The Labute approximate surface area is 130 Å². The van der Waals surface area contributed by atoms with Crippen LogP contribution in [-0.2, 0) is 16.0 Å². The van der Waals surface area contributed by atoms with Crippen molar-refractivity contribution in [1.82, 2.24) is 0 Å². The maximum atomic E-state index is 12.3. The Morgan fingerprint density at radius 3 is 2.23 bits per heavy atom. The first-order valence-corrected chi connectivity index (χ1v) is 7.22. The highest BCUT2D eigenvalue weighted by molar-refractivity contribution is 6.09. The first-order chi connectivity index (χ1) is 10.2. The molecule has 1 rings (SSSR count). The Hall–Kier alpha value is -1.76. The fourth-order valence-electron chi connectivity index (χ4n) is 2.39. The van der Waals surface area contributed by atoms with Crippen LogP contribution in [0, 0.1) is 5.92 Å². The van der Waals surface area contributed by atoms with Gasteiger partial charge in [-0.3, -0.25) is 4.79 Å². The van der Waals surface area contributed by atoms with E-state index < -0.39 is 29.4 Å². The van der Waals surface area contributed by atoms with Crippen LogP contribution >= 0.6 is 0 Å². The fourth-order valence-corrected chi connectivity index (χ4v) is 2.39. The summed E-state index contributed by atoms with van der Waals surface area (Å²) in [4.78, 5) is 23.7. The third-order valence-corrected chi connectivity index (χ3v) is 3.54. The molecule has 6 N–H and O–H groups in total. The van der Waals surface area contributed by atoms with E-state index in [0.717, 1.165) is 5.56 Å². The van der Waals surface area contributed by atoms with Crippen LogP contribution in [0.3, 0.4) is 0 Å². The lowest BCUT2D eigenvalue weighted by Crippen LogP contribution is -2.62. The maximum absolute atomic E-state index is 12.3. The summed E-state index contributed by atoms with van der Waals surface area (Å²) in [6, 6.07) is 8.20. The summed E-state index contributed by atoms with van der Waals surface area (Å²) in [6.45, 7) is 3.52. The minimum atomic E-state index is -2.12. The van der Waals surface area contributed by atoms with Gasteiger partial charge in [0, 0.05) is 6.04 Å². The number of carboxylic acid groups (broad SMARTS) is 1. The number of aliphatic hydroxyl groups excluding tert-OH is 1. The topological polar surface area (TPSA) is 127 Å². The molecule has 0 fully saturated rings. The summed E-state index contributed by atoms with van der Waals surface area (Å²) < 4.78 is 0. The molecular weight excluding hydrogens is 284 g/mol.